The van der Waals surface area contributed by atoms with Crippen LogP contribution < -0.4 is 10.2 Å². The number of anilines is 2. The van der Waals surface area contributed by atoms with Crippen molar-refractivity contribution in [2.45, 2.75) is 0 Å². The molecule has 0 aromatic heterocycles. The summed E-state index contributed by atoms with van der Waals surface area (Å²) in [6.45, 7) is 0. The van der Waals surface area contributed by atoms with Crippen molar-refractivity contribution in [1.82, 2.24) is 0 Å². The number of carbonyl (C=O) groups excluding carboxylic acids is 2. The molecule has 0 aliphatic carbocycles. The van der Waals surface area contributed by atoms with Crippen LogP contribution >= 0.6 is 0 Å². The molecular weight excluding hydrogens is 381 g/mol. The second-order valence-electron chi connectivity index (χ2n) is 6.29. The van der Waals surface area contributed by atoms with E-state index >= 15 is 0 Å². The summed E-state index contributed by atoms with van der Waals surface area (Å²) in [5, 5.41) is 2.92. The van der Waals surface area contributed by atoms with E-state index in [1.807, 2.05) is 0 Å². The van der Waals surface area contributed by atoms with Crippen molar-refractivity contribution in [3.63, 3.8) is 0 Å². The van der Waals surface area contributed by atoms with E-state index in [1.165, 1.54) is 24.3 Å². The summed E-state index contributed by atoms with van der Waals surface area (Å²) in [7, 11) is 0. The van der Waals surface area contributed by atoms with Crippen LogP contribution in [-0.4, -0.2) is 11.8 Å². The lowest BCUT2D eigenvalue weighted by Crippen LogP contribution is -2.32. The van der Waals surface area contributed by atoms with Gasteiger partial charge in [0.05, 0.1) is 11.3 Å². The number of hydrogen-bond donors (Lipinski definition) is 1. The fourth-order valence-corrected chi connectivity index (χ4v) is 3.05. The maximum absolute atomic E-state index is 13.7. The van der Waals surface area contributed by atoms with Gasteiger partial charge in [-0.1, -0.05) is 30.3 Å². The highest BCUT2D eigenvalue weighted by Crippen LogP contribution is 2.34. The number of para-hydroxylation sites is 1. The Hall–Kier alpha value is -3.87. The predicted octanol–water partition coefficient (Wildman–Crippen LogP) is 4.50. The Morgan fingerprint density at radius 2 is 1.41 bits per heavy atom. The number of halogens is 3. The third-order valence-corrected chi connectivity index (χ3v) is 4.42. The number of nitrogens with zero attached hydrogens (tertiary/aromatic N) is 1. The number of rotatable bonds is 4. The maximum atomic E-state index is 13.7. The number of amides is 2. The van der Waals surface area contributed by atoms with Crippen LogP contribution in [0.3, 0.4) is 0 Å². The summed E-state index contributed by atoms with van der Waals surface area (Å²) in [5.41, 5.74) is 0.716. The third kappa shape index (κ3) is 3.38. The molecule has 0 spiro atoms. The van der Waals surface area contributed by atoms with E-state index in [1.54, 1.807) is 30.3 Å². The molecule has 4 nitrogen and oxygen atoms in total. The fraction of sp³-hybridized carbons (Fsp3) is 0. The van der Waals surface area contributed by atoms with Gasteiger partial charge in [0.1, 0.15) is 11.5 Å². The van der Waals surface area contributed by atoms with Crippen LogP contribution in [0.5, 0.6) is 0 Å². The van der Waals surface area contributed by atoms with E-state index in [9.17, 15) is 22.8 Å². The Morgan fingerprint density at radius 1 is 0.724 bits per heavy atom. The van der Waals surface area contributed by atoms with Crippen molar-refractivity contribution in [2.75, 3.05) is 10.2 Å². The summed E-state index contributed by atoms with van der Waals surface area (Å²) < 4.78 is 40.3. The van der Waals surface area contributed by atoms with Crippen LogP contribution in [0.4, 0.5) is 24.5 Å². The van der Waals surface area contributed by atoms with E-state index in [0.717, 1.165) is 23.1 Å². The number of hydrogen-bond acceptors (Lipinski definition) is 3. The molecule has 29 heavy (non-hydrogen) atoms. The van der Waals surface area contributed by atoms with Gasteiger partial charge in [0, 0.05) is 11.8 Å². The average molecular weight is 394 g/mol. The Morgan fingerprint density at radius 3 is 2.07 bits per heavy atom. The van der Waals surface area contributed by atoms with Gasteiger partial charge in [0.15, 0.2) is 11.6 Å². The Balaban J connectivity index is 1.83. The molecule has 1 N–H and O–H groups in total. The van der Waals surface area contributed by atoms with Crippen molar-refractivity contribution in [3.05, 3.63) is 102 Å². The summed E-state index contributed by atoms with van der Waals surface area (Å²) in [6, 6.07) is 16.5. The summed E-state index contributed by atoms with van der Waals surface area (Å²) >= 11 is 0. The zero-order valence-electron chi connectivity index (χ0n) is 14.8. The molecular formula is C22H13F3N2O2. The first-order valence-electron chi connectivity index (χ1n) is 8.62. The first kappa shape index (κ1) is 18.5. The lowest BCUT2D eigenvalue weighted by atomic mass is 10.0. The zero-order chi connectivity index (χ0) is 20.5. The molecule has 0 bridgehead atoms. The van der Waals surface area contributed by atoms with Crippen molar-refractivity contribution in [1.29, 1.82) is 0 Å². The van der Waals surface area contributed by atoms with Crippen molar-refractivity contribution in [2.24, 2.45) is 0 Å². The minimum Gasteiger partial charge on any atom is -0.350 e. The number of imide groups is 1. The molecule has 0 atom stereocenters. The predicted molar refractivity (Wildman–Crippen MR) is 102 cm³/mol. The van der Waals surface area contributed by atoms with E-state index in [-0.39, 0.29) is 17.0 Å². The topological polar surface area (TPSA) is 49.4 Å². The van der Waals surface area contributed by atoms with Gasteiger partial charge in [0.25, 0.3) is 11.8 Å². The molecule has 4 rings (SSSR count). The molecule has 0 saturated carbocycles. The SMILES string of the molecule is O=C1C(Nc2ccccc2)=C(c2ccc(F)cc2)C(=O)N1c1ccc(F)c(F)c1. The van der Waals surface area contributed by atoms with Gasteiger partial charge in [-0.3, -0.25) is 9.59 Å². The molecule has 3 aromatic carbocycles. The van der Waals surface area contributed by atoms with Crippen LogP contribution in [0.25, 0.3) is 5.57 Å². The number of nitrogens with one attached hydrogen (secondary N) is 1. The van der Waals surface area contributed by atoms with Crippen molar-refractivity contribution < 1.29 is 22.8 Å². The molecule has 0 fully saturated rings. The molecule has 0 unspecified atom stereocenters. The van der Waals surface area contributed by atoms with E-state index in [4.69, 9.17) is 0 Å². The quantitative estimate of drug-likeness (QED) is 0.663. The second-order valence-corrected chi connectivity index (χ2v) is 6.29. The van der Waals surface area contributed by atoms with E-state index in [0.29, 0.717) is 11.3 Å². The first-order valence-corrected chi connectivity index (χ1v) is 8.62. The third-order valence-electron chi connectivity index (χ3n) is 4.42. The minimum atomic E-state index is -1.18. The average Bonchev–Trinajstić information content (AvgIpc) is 2.95. The Labute approximate surface area is 163 Å². The summed E-state index contributed by atoms with van der Waals surface area (Å²) in [5.74, 6) is -4.24. The van der Waals surface area contributed by atoms with Crippen LogP contribution in [-0.2, 0) is 9.59 Å². The maximum Gasteiger partial charge on any atom is 0.282 e. The van der Waals surface area contributed by atoms with Crippen LogP contribution in [0.15, 0.2) is 78.5 Å². The Bertz CT molecular complexity index is 1140. The van der Waals surface area contributed by atoms with Gasteiger partial charge in [0.2, 0.25) is 0 Å². The summed E-state index contributed by atoms with van der Waals surface area (Å²) in [4.78, 5) is 26.9. The van der Waals surface area contributed by atoms with Gasteiger partial charge in [-0.05, 0) is 42.0 Å². The molecule has 7 heteroatoms. The lowest BCUT2D eigenvalue weighted by Gasteiger charge is -2.15. The highest BCUT2D eigenvalue weighted by molar-refractivity contribution is 6.46. The van der Waals surface area contributed by atoms with Gasteiger partial charge in [-0.15, -0.1) is 0 Å². The van der Waals surface area contributed by atoms with Gasteiger partial charge in [-0.25, -0.2) is 18.1 Å². The molecule has 0 radical (unpaired) electrons. The molecule has 1 aliphatic rings. The van der Waals surface area contributed by atoms with E-state index < -0.39 is 29.3 Å². The Kier molecular flexibility index (Phi) is 4.64. The number of benzene rings is 3. The van der Waals surface area contributed by atoms with Crippen LogP contribution in [0.2, 0.25) is 0 Å². The molecule has 1 heterocycles. The molecule has 1 aliphatic heterocycles. The first-order chi connectivity index (χ1) is 14.0. The largest absolute Gasteiger partial charge is 0.350 e. The molecule has 0 saturated heterocycles. The lowest BCUT2D eigenvalue weighted by molar-refractivity contribution is -0.120. The van der Waals surface area contributed by atoms with Gasteiger partial charge in [-0.2, -0.15) is 0 Å². The van der Waals surface area contributed by atoms with Crippen LogP contribution in [0.1, 0.15) is 5.56 Å². The van der Waals surface area contributed by atoms with Crippen molar-refractivity contribution >= 4 is 28.8 Å². The standard InChI is InChI=1S/C22H13F3N2O2/c23-14-8-6-13(7-9-14)19-20(26-15-4-2-1-3-5-15)22(29)27(21(19)28)16-10-11-17(24)18(25)12-16/h1-12,26H. The smallest absolute Gasteiger partial charge is 0.282 e. The van der Waals surface area contributed by atoms with Crippen molar-refractivity contribution in [3.8, 4) is 0 Å². The number of carbonyl (C=O) groups is 2. The fourth-order valence-electron chi connectivity index (χ4n) is 3.05. The highest BCUT2D eigenvalue weighted by Gasteiger charge is 2.40. The molecule has 3 aromatic rings. The highest BCUT2D eigenvalue weighted by atomic mass is 19.2. The molecule has 144 valence electrons. The van der Waals surface area contributed by atoms with Crippen LogP contribution in [0, 0.1) is 17.5 Å². The van der Waals surface area contributed by atoms with E-state index in [2.05, 4.69) is 5.32 Å². The minimum absolute atomic E-state index is 0.00332. The summed E-state index contributed by atoms with van der Waals surface area (Å²) in [6.07, 6.45) is 0. The monoisotopic (exact) mass is 394 g/mol. The second kappa shape index (κ2) is 7.27. The normalized spacial score (nSPS) is 14.0. The van der Waals surface area contributed by atoms with Gasteiger partial charge < -0.3 is 5.32 Å². The molecule has 2 amide bonds. The van der Waals surface area contributed by atoms with Gasteiger partial charge >= 0.3 is 0 Å². The zero-order valence-corrected chi connectivity index (χ0v) is 14.8.